The summed E-state index contributed by atoms with van der Waals surface area (Å²) in [6.07, 6.45) is 0.250. The molecule has 1 rings (SSSR count). The van der Waals surface area contributed by atoms with E-state index in [-0.39, 0.29) is 11.9 Å². The van der Waals surface area contributed by atoms with Gasteiger partial charge in [0.15, 0.2) is 0 Å². The van der Waals surface area contributed by atoms with Crippen LogP contribution in [-0.4, -0.2) is 11.9 Å². The predicted molar refractivity (Wildman–Crippen MR) is 40.3 cm³/mol. The third-order valence-electron chi connectivity index (χ3n) is 0.667. The fourth-order valence-corrected chi connectivity index (χ4v) is 0.385. The van der Waals surface area contributed by atoms with Crippen LogP contribution in [0.1, 0.15) is 0 Å². The highest BCUT2D eigenvalue weighted by atomic mass is 16.1. The maximum absolute atomic E-state index is 8.58. The van der Waals surface area contributed by atoms with Crippen molar-refractivity contribution in [3.63, 3.8) is 0 Å². The standard InChI is InChI=1S/C6H6.CH3NO.H2O/c1-2-4-6-5-3-1;2-1-3;/h1-6H;1H,(H2,2,3);1H2. The van der Waals surface area contributed by atoms with E-state index < -0.39 is 0 Å². The monoisotopic (exact) mass is 141 g/mol. The van der Waals surface area contributed by atoms with Gasteiger partial charge < -0.3 is 11.2 Å². The van der Waals surface area contributed by atoms with Gasteiger partial charge in [-0.2, -0.15) is 0 Å². The van der Waals surface area contributed by atoms with Crippen molar-refractivity contribution in [2.24, 2.45) is 5.73 Å². The predicted octanol–water partition coefficient (Wildman–Crippen LogP) is -0.0366. The third-order valence-corrected chi connectivity index (χ3v) is 0.667. The van der Waals surface area contributed by atoms with Crippen LogP contribution in [0.25, 0.3) is 0 Å². The first-order valence-corrected chi connectivity index (χ1v) is 2.57. The van der Waals surface area contributed by atoms with E-state index in [1.54, 1.807) is 0 Å². The molecule has 0 saturated heterocycles. The minimum absolute atomic E-state index is 0. The third kappa shape index (κ3) is 9.82. The van der Waals surface area contributed by atoms with Crippen molar-refractivity contribution < 1.29 is 10.3 Å². The van der Waals surface area contributed by atoms with Crippen molar-refractivity contribution >= 4 is 6.41 Å². The largest absolute Gasteiger partial charge is 0.412 e. The lowest BCUT2D eigenvalue weighted by Gasteiger charge is -1.69. The Bertz CT molecular complexity index is 115. The van der Waals surface area contributed by atoms with Crippen LogP contribution in [0.3, 0.4) is 0 Å². The summed E-state index contributed by atoms with van der Waals surface area (Å²) >= 11 is 0. The Hall–Kier alpha value is -1.35. The van der Waals surface area contributed by atoms with Gasteiger partial charge in [0.05, 0.1) is 0 Å². The molecule has 0 saturated carbocycles. The molecule has 1 aromatic rings. The van der Waals surface area contributed by atoms with Crippen LogP contribution in [0, 0.1) is 0 Å². The highest BCUT2D eigenvalue weighted by molar-refractivity contribution is 5.42. The highest BCUT2D eigenvalue weighted by Gasteiger charge is 1.57. The van der Waals surface area contributed by atoms with E-state index in [0.29, 0.717) is 0 Å². The topological polar surface area (TPSA) is 74.6 Å². The van der Waals surface area contributed by atoms with Crippen LogP contribution in [0.5, 0.6) is 0 Å². The molecule has 0 aromatic heterocycles. The normalized spacial score (nSPS) is 6.00. The summed E-state index contributed by atoms with van der Waals surface area (Å²) in [5, 5.41) is 0. The van der Waals surface area contributed by atoms with Crippen molar-refractivity contribution in [2.75, 3.05) is 0 Å². The number of amides is 1. The van der Waals surface area contributed by atoms with Crippen LogP contribution >= 0.6 is 0 Å². The van der Waals surface area contributed by atoms with Gasteiger partial charge in [-0.15, -0.1) is 0 Å². The van der Waals surface area contributed by atoms with Crippen molar-refractivity contribution in [2.45, 2.75) is 0 Å². The Balaban J connectivity index is 0. The van der Waals surface area contributed by atoms with E-state index in [9.17, 15) is 0 Å². The van der Waals surface area contributed by atoms with Crippen molar-refractivity contribution in [3.8, 4) is 0 Å². The molecule has 0 radical (unpaired) electrons. The average molecular weight is 141 g/mol. The van der Waals surface area contributed by atoms with E-state index >= 15 is 0 Å². The maximum atomic E-state index is 8.58. The van der Waals surface area contributed by atoms with Crippen LogP contribution in [0.4, 0.5) is 0 Å². The quantitative estimate of drug-likeness (QED) is 0.506. The fourth-order valence-electron chi connectivity index (χ4n) is 0.385. The molecule has 10 heavy (non-hydrogen) atoms. The number of rotatable bonds is 0. The number of hydrogen-bond donors (Lipinski definition) is 1. The van der Waals surface area contributed by atoms with Gasteiger partial charge >= 0.3 is 0 Å². The second-order valence-electron chi connectivity index (χ2n) is 1.29. The zero-order valence-corrected chi connectivity index (χ0v) is 5.53. The number of primary amides is 1. The SMILES string of the molecule is NC=O.O.c1ccccc1. The summed E-state index contributed by atoms with van der Waals surface area (Å²) in [7, 11) is 0. The second kappa shape index (κ2) is 10.6. The first kappa shape index (κ1) is 11.4. The summed E-state index contributed by atoms with van der Waals surface area (Å²) in [5.74, 6) is 0. The molecule has 4 N–H and O–H groups in total. The van der Waals surface area contributed by atoms with Crippen LogP contribution < -0.4 is 5.73 Å². The molecule has 0 fully saturated rings. The minimum atomic E-state index is 0. The van der Waals surface area contributed by atoms with Gasteiger partial charge in [-0.3, -0.25) is 4.79 Å². The summed E-state index contributed by atoms with van der Waals surface area (Å²) in [6.45, 7) is 0. The molecule has 3 nitrogen and oxygen atoms in total. The molecule has 0 aliphatic carbocycles. The lowest BCUT2D eigenvalue weighted by molar-refractivity contribution is -0.106. The zero-order chi connectivity index (χ0) is 6.95. The molecule has 56 valence electrons. The molecule has 0 atom stereocenters. The van der Waals surface area contributed by atoms with Gasteiger partial charge in [-0.05, 0) is 0 Å². The fraction of sp³-hybridized carbons (Fsp3) is 0. The van der Waals surface area contributed by atoms with Gasteiger partial charge in [-0.1, -0.05) is 36.4 Å². The molecular weight excluding hydrogens is 130 g/mol. The molecule has 0 aliphatic heterocycles. The Morgan fingerprint density at radius 3 is 1.10 bits per heavy atom. The molecule has 0 aliphatic rings. The lowest BCUT2D eigenvalue weighted by Crippen LogP contribution is -1.82. The Morgan fingerprint density at radius 1 is 0.900 bits per heavy atom. The van der Waals surface area contributed by atoms with Gasteiger partial charge in [-0.25, -0.2) is 0 Å². The number of benzene rings is 1. The first-order chi connectivity index (χ1) is 4.41. The molecule has 0 spiro atoms. The summed E-state index contributed by atoms with van der Waals surface area (Å²) < 4.78 is 0. The maximum Gasteiger partial charge on any atom is 0.204 e. The number of hydrogen-bond acceptors (Lipinski definition) is 1. The van der Waals surface area contributed by atoms with Gasteiger partial charge in [0.1, 0.15) is 0 Å². The highest BCUT2D eigenvalue weighted by Crippen LogP contribution is 1.79. The molecular formula is C7H11NO2. The Kier molecular flexibility index (Phi) is 12.1. The van der Waals surface area contributed by atoms with E-state index in [1.807, 2.05) is 36.4 Å². The Labute approximate surface area is 59.8 Å². The van der Waals surface area contributed by atoms with Crippen LogP contribution in [-0.2, 0) is 4.79 Å². The van der Waals surface area contributed by atoms with Crippen LogP contribution in [0.15, 0.2) is 36.4 Å². The Morgan fingerprint density at radius 2 is 1.00 bits per heavy atom. The van der Waals surface area contributed by atoms with Crippen molar-refractivity contribution in [3.05, 3.63) is 36.4 Å². The molecule has 3 heteroatoms. The first-order valence-electron chi connectivity index (χ1n) is 2.57. The van der Waals surface area contributed by atoms with Gasteiger partial charge in [0, 0.05) is 0 Å². The smallest absolute Gasteiger partial charge is 0.204 e. The van der Waals surface area contributed by atoms with Gasteiger partial charge in [0.25, 0.3) is 0 Å². The second-order valence-corrected chi connectivity index (χ2v) is 1.29. The number of carbonyl (C=O) groups excluding carboxylic acids is 1. The zero-order valence-electron chi connectivity index (χ0n) is 5.53. The molecule has 1 amide bonds. The van der Waals surface area contributed by atoms with Gasteiger partial charge in [0.2, 0.25) is 6.41 Å². The summed E-state index contributed by atoms with van der Waals surface area (Å²) in [5.41, 5.74) is 4.17. The lowest BCUT2D eigenvalue weighted by atomic mass is 10.4. The average Bonchev–Trinajstić information content (AvgIpc) is 1.93. The summed E-state index contributed by atoms with van der Waals surface area (Å²) in [4.78, 5) is 8.58. The molecule has 0 heterocycles. The minimum Gasteiger partial charge on any atom is -0.412 e. The molecule has 0 unspecified atom stereocenters. The van der Waals surface area contributed by atoms with E-state index in [2.05, 4.69) is 5.73 Å². The van der Waals surface area contributed by atoms with Crippen molar-refractivity contribution in [1.29, 1.82) is 0 Å². The van der Waals surface area contributed by atoms with E-state index in [0.717, 1.165) is 0 Å². The van der Waals surface area contributed by atoms with E-state index in [4.69, 9.17) is 4.79 Å². The molecule has 0 bridgehead atoms. The van der Waals surface area contributed by atoms with E-state index in [1.165, 1.54) is 0 Å². The molecule has 1 aromatic carbocycles. The number of carbonyl (C=O) groups is 1. The number of nitrogens with two attached hydrogens (primary N) is 1. The summed E-state index contributed by atoms with van der Waals surface area (Å²) in [6, 6.07) is 12.0. The van der Waals surface area contributed by atoms with Crippen LogP contribution in [0.2, 0.25) is 0 Å². The van der Waals surface area contributed by atoms with Crippen molar-refractivity contribution in [1.82, 2.24) is 0 Å².